The predicted molar refractivity (Wildman–Crippen MR) is 107 cm³/mol. The van der Waals surface area contributed by atoms with Gasteiger partial charge in [0.25, 0.3) is 0 Å². The number of likely N-dealkylation sites (tertiary alicyclic amines) is 1. The lowest BCUT2D eigenvalue weighted by Crippen LogP contribution is -2.42. The maximum atomic E-state index is 10.6. The average molecular weight is 508 g/mol. The number of hydrogen-bond acceptors (Lipinski definition) is 6. The first-order valence-corrected chi connectivity index (χ1v) is 10.7. The fourth-order valence-corrected chi connectivity index (χ4v) is 4.15. The van der Waals surface area contributed by atoms with E-state index in [9.17, 15) is 26.3 Å². The van der Waals surface area contributed by atoms with Crippen LogP contribution in [0.25, 0.3) is 0 Å². The van der Waals surface area contributed by atoms with Crippen molar-refractivity contribution in [2.75, 3.05) is 40.3 Å². The van der Waals surface area contributed by atoms with E-state index in [1.807, 2.05) is 0 Å². The number of alkyl halides is 6. The highest BCUT2D eigenvalue weighted by Gasteiger charge is 2.41. The average Bonchev–Trinajstić information content (AvgIpc) is 3.31. The van der Waals surface area contributed by atoms with Crippen LogP contribution < -0.4 is 0 Å². The lowest BCUT2D eigenvalue weighted by atomic mass is 9.84. The number of fused-ring (bicyclic) bond motifs is 1. The van der Waals surface area contributed by atoms with E-state index in [0.29, 0.717) is 6.10 Å². The molecule has 3 heterocycles. The smallest absolute Gasteiger partial charge is 0.475 e. The van der Waals surface area contributed by atoms with Crippen LogP contribution in [-0.2, 0) is 20.9 Å². The first-order valence-electron chi connectivity index (χ1n) is 9.71. The molecule has 1 aromatic heterocycles. The van der Waals surface area contributed by atoms with Gasteiger partial charge >= 0.3 is 24.3 Å². The largest absolute Gasteiger partial charge is 0.490 e. The van der Waals surface area contributed by atoms with Crippen LogP contribution in [0, 0.1) is 11.8 Å². The van der Waals surface area contributed by atoms with Gasteiger partial charge in [-0.1, -0.05) is 0 Å². The quantitative estimate of drug-likeness (QED) is 0.603. The van der Waals surface area contributed by atoms with E-state index in [4.69, 9.17) is 24.5 Å². The molecule has 190 valence electrons. The van der Waals surface area contributed by atoms with Crippen LogP contribution >= 0.6 is 11.3 Å². The first-order chi connectivity index (χ1) is 15.1. The Balaban J connectivity index is 0.000000324. The zero-order chi connectivity index (χ0) is 25.4. The van der Waals surface area contributed by atoms with Gasteiger partial charge in [-0.2, -0.15) is 37.7 Å². The van der Waals surface area contributed by atoms with Crippen molar-refractivity contribution in [1.82, 2.24) is 9.80 Å². The molecule has 0 amide bonds. The van der Waals surface area contributed by atoms with E-state index in [2.05, 4.69) is 40.7 Å². The van der Waals surface area contributed by atoms with Crippen LogP contribution in [0.3, 0.4) is 0 Å². The third-order valence-corrected chi connectivity index (χ3v) is 5.63. The van der Waals surface area contributed by atoms with Gasteiger partial charge in [-0.15, -0.1) is 0 Å². The van der Waals surface area contributed by atoms with Crippen molar-refractivity contribution in [2.45, 2.75) is 31.4 Å². The van der Waals surface area contributed by atoms with Crippen molar-refractivity contribution in [3.63, 3.8) is 0 Å². The first kappa shape index (κ1) is 29.1. The second kappa shape index (κ2) is 12.5. The van der Waals surface area contributed by atoms with E-state index in [0.717, 1.165) is 31.5 Å². The Hall–Kier alpha value is -1.90. The molecule has 3 rings (SSSR count). The number of piperidine rings is 1. The minimum absolute atomic E-state index is 0.461. The molecule has 0 aliphatic carbocycles. The minimum Gasteiger partial charge on any atom is -0.475 e. The summed E-state index contributed by atoms with van der Waals surface area (Å²) >= 11 is 1.80. The van der Waals surface area contributed by atoms with Gasteiger partial charge in [0.15, 0.2) is 0 Å². The molecule has 33 heavy (non-hydrogen) atoms. The Kier molecular flexibility index (Phi) is 11.1. The maximum Gasteiger partial charge on any atom is 0.490 e. The molecule has 0 radical (unpaired) electrons. The SMILES string of the molecule is CN(C)C[C@@H]1OC[C@@H]2CN(Cc3ccsc3)CC[C@@H]21.O=C(O)C(F)(F)F.O=C(O)C(F)(F)F. The van der Waals surface area contributed by atoms with E-state index in [-0.39, 0.29) is 0 Å². The van der Waals surface area contributed by atoms with Gasteiger partial charge < -0.3 is 19.8 Å². The van der Waals surface area contributed by atoms with Crippen LogP contribution in [0.1, 0.15) is 12.0 Å². The standard InChI is InChI=1S/C15H24N2OS.2C2HF3O2/c1-16(2)9-15-14-3-5-17(8-13(14)10-18-15)7-12-4-6-19-11-12;2*3-2(4,5)1(6)7/h4,6,11,13-15H,3,5,7-10H2,1-2H3;2*(H,6,7)/t13-,14-,15-;;/m0../s1. The molecule has 3 atom stereocenters. The van der Waals surface area contributed by atoms with Gasteiger partial charge in [-0.3, -0.25) is 4.90 Å². The summed E-state index contributed by atoms with van der Waals surface area (Å²) in [6.45, 7) is 5.59. The number of halogens is 6. The van der Waals surface area contributed by atoms with Crippen LogP contribution in [0.2, 0.25) is 0 Å². The highest BCUT2D eigenvalue weighted by Crippen LogP contribution is 2.35. The van der Waals surface area contributed by atoms with Crippen molar-refractivity contribution in [2.24, 2.45) is 11.8 Å². The minimum atomic E-state index is -5.08. The molecule has 2 fully saturated rings. The van der Waals surface area contributed by atoms with Crippen molar-refractivity contribution in [3.8, 4) is 0 Å². The highest BCUT2D eigenvalue weighted by molar-refractivity contribution is 7.07. The number of carboxylic acid groups (broad SMARTS) is 2. The summed E-state index contributed by atoms with van der Waals surface area (Å²) < 4.78 is 69.5. The number of carboxylic acids is 2. The Bertz CT molecular complexity index is 718. The topological polar surface area (TPSA) is 90.3 Å². The van der Waals surface area contributed by atoms with E-state index >= 15 is 0 Å². The van der Waals surface area contributed by atoms with E-state index < -0.39 is 24.3 Å². The highest BCUT2D eigenvalue weighted by atomic mass is 32.1. The van der Waals surface area contributed by atoms with Gasteiger partial charge in [0, 0.05) is 25.6 Å². The Labute approximate surface area is 190 Å². The number of aliphatic carboxylic acids is 2. The molecule has 2 saturated heterocycles. The summed E-state index contributed by atoms with van der Waals surface area (Å²) in [6.07, 6.45) is -8.41. The molecular weight excluding hydrogens is 482 g/mol. The molecule has 2 aliphatic rings. The van der Waals surface area contributed by atoms with E-state index in [1.165, 1.54) is 25.1 Å². The molecular formula is C19H26F6N2O5S. The van der Waals surface area contributed by atoms with Gasteiger partial charge in [-0.05, 0) is 55.4 Å². The van der Waals surface area contributed by atoms with Crippen molar-refractivity contribution in [3.05, 3.63) is 22.4 Å². The molecule has 2 N–H and O–H groups in total. The van der Waals surface area contributed by atoms with Gasteiger partial charge in [-0.25, -0.2) is 9.59 Å². The summed E-state index contributed by atoms with van der Waals surface area (Å²) in [5, 5.41) is 18.7. The number of ether oxygens (including phenoxy) is 1. The zero-order valence-electron chi connectivity index (χ0n) is 17.9. The molecule has 0 saturated carbocycles. The predicted octanol–water partition coefficient (Wildman–Crippen LogP) is 3.41. The lowest BCUT2D eigenvalue weighted by Gasteiger charge is -2.36. The third-order valence-electron chi connectivity index (χ3n) is 4.90. The summed E-state index contributed by atoms with van der Waals surface area (Å²) in [7, 11) is 4.28. The number of carbonyl (C=O) groups is 2. The van der Waals surface area contributed by atoms with E-state index in [1.54, 1.807) is 11.3 Å². The molecule has 0 bridgehead atoms. The summed E-state index contributed by atoms with van der Waals surface area (Å²) in [5.41, 5.74) is 1.47. The lowest BCUT2D eigenvalue weighted by molar-refractivity contribution is -0.193. The summed E-state index contributed by atoms with van der Waals surface area (Å²) in [4.78, 5) is 22.6. The van der Waals surface area contributed by atoms with Crippen LogP contribution in [0.15, 0.2) is 16.8 Å². The fourth-order valence-electron chi connectivity index (χ4n) is 3.49. The summed E-state index contributed by atoms with van der Waals surface area (Å²) in [6, 6.07) is 2.25. The molecule has 14 heteroatoms. The Morgan fingerprint density at radius 3 is 2.12 bits per heavy atom. The normalized spacial score (nSPS) is 23.1. The molecule has 0 spiro atoms. The van der Waals surface area contributed by atoms with Gasteiger partial charge in [0.1, 0.15) is 0 Å². The van der Waals surface area contributed by atoms with Crippen molar-refractivity contribution >= 4 is 23.3 Å². The number of hydrogen-bond donors (Lipinski definition) is 2. The number of thiophene rings is 1. The van der Waals surface area contributed by atoms with Gasteiger partial charge in [0.2, 0.25) is 0 Å². The third kappa shape index (κ3) is 10.7. The molecule has 0 unspecified atom stereocenters. The van der Waals surface area contributed by atoms with Crippen molar-refractivity contribution < 1.29 is 50.9 Å². The molecule has 2 aliphatic heterocycles. The zero-order valence-corrected chi connectivity index (χ0v) is 18.7. The molecule has 7 nitrogen and oxygen atoms in total. The number of likely N-dealkylation sites (N-methyl/N-ethyl adjacent to an activating group) is 1. The molecule has 0 aromatic carbocycles. The Morgan fingerprint density at radius 1 is 1.15 bits per heavy atom. The van der Waals surface area contributed by atoms with Gasteiger partial charge in [0.05, 0.1) is 12.7 Å². The van der Waals surface area contributed by atoms with Crippen LogP contribution in [0.4, 0.5) is 26.3 Å². The monoisotopic (exact) mass is 508 g/mol. The van der Waals surface area contributed by atoms with Crippen LogP contribution in [-0.4, -0.2) is 90.7 Å². The molecule has 1 aromatic rings. The van der Waals surface area contributed by atoms with Crippen molar-refractivity contribution in [1.29, 1.82) is 0 Å². The second-order valence-corrected chi connectivity index (χ2v) is 8.60. The Morgan fingerprint density at radius 2 is 1.70 bits per heavy atom. The summed E-state index contributed by atoms with van der Waals surface area (Å²) in [5.74, 6) is -3.99. The maximum absolute atomic E-state index is 10.6. The second-order valence-electron chi connectivity index (χ2n) is 7.82. The van der Waals surface area contributed by atoms with Crippen LogP contribution in [0.5, 0.6) is 0 Å². The fraction of sp³-hybridized carbons (Fsp3) is 0.684. The number of nitrogens with zero attached hydrogens (tertiary/aromatic N) is 2. The number of rotatable bonds is 4.